The van der Waals surface area contributed by atoms with Crippen LogP contribution in [0.2, 0.25) is 24.7 Å². The van der Waals surface area contributed by atoms with Gasteiger partial charge < -0.3 is 16.0 Å². The topological polar surface area (TPSA) is 104 Å². The number of nitrogens with zero attached hydrogens (tertiary/aromatic N) is 2. The maximum absolute atomic E-state index is 12.8. The summed E-state index contributed by atoms with van der Waals surface area (Å²) in [6, 6.07) is -0.459. The monoisotopic (exact) mass is 321 g/mol. The van der Waals surface area contributed by atoms with E-state index in [1.165, 1.54) is 4.90 Å². The Morgan fingerprint density at radius 3 is 2.50 bits per heavy atom. The molecule has 1 saturated carbocycles. The van der Waals surface area contributed by atoms with Crippen LogP contribution in [0.4, 0.5) is 10.6 Å². The molecule has 0 radical (unpaired) electrons. The largest absolute Gasteiger partial charge is 0.351 e. The van der Waals surface area contributed by atoms with Gasteiger partial charge >= 0.3 is 6.03 Å². The Bertz CT molecular complexity index is 630. The fourth-order valence-electron chi connectivity index (χ4n) is 3.47. The predicted molar refractivity (Wildman–Crippen MR) is 85.9 cm³/mol. The first-order valence-corrected chi connectivity index (χ1v) is 11.2. The number of carbonyl (C=O) groups is 2. The molecule has 2 heterocycles. The van der Waals surface area contributed by atoms with Crippen LogP contribution >= 0.6 is 0 Å². The predicted octanol–water partition coefficient (Wildman–Crippen LogP) is 2.00. The van der Waals surface area contributed by atoms with Gasteiger partial charge in [-0.3, -0.25) is 9.89 Å². The van der Waals surface area contributed by atoms with E-state index in [1.807, 2.05) is 0 Å². The maximum atomic E-state index is 12.8. The minimum absolute atomic E-state index is 0.0877. The van der Waals surface area contributed by atoms with Crippen molar-refractivity contribution in [1.82, 2.24) is 15.1 Å². The number of nitrogens with one attached hydrogen (secondary N) is 2. The molecule has 7 nitrogen and oxygen atoms in total. The summed E-state index contributed by atoms with van der Waals surface area (Å²) in [5.41, 5.74) is 7.04. The third kappa shape index (κ3) is 2.13. The van der Waals surface area contributed by atoms with Crippen LogP contribution < -0.4 is 11.1 Å². The normalized spacial score (nSPS) is 19.5. The SMILES string of the molecule is C[Si](C)(C)C1(C(=O)Nc2n[nH]c3c2CN(C(N)=O)C3)CCC1. The molecular formula is C14H23N5O2Si. The number of nitrogens with two attached hydrogens (primary N) is 1. The molecule has 0 bridgehead atoms. The molecule has 2 aliphatic rings. The zero-order valence-corrected chi connectivity index (χ0v) is 14.3. The van der Waals surface area contributed by atoms with Gasteiger partial charge in [0.2, 0.25) is 5.91 Å². The van der Waals surface area contributed by atoms with E-state index in [2.05, 4.69) is 35.2 Å². The van der Waals surface area contributed by atoms with Crippen LogP contribution in [-0.2, 0) is 17.9 Å². The van der Waals surface area contributed by atoms with Crippen LogP contribution in [0.25, 0.3) is 0 Å². The number of urea groups is 1. The van der Waals surface area contributed by atoms with E-state index >= 15 is 0 Å². The first-order chi connectivity index (χ1) is 10.2. The molecule has 3 rings (SSSR count). The van der Waals surface area contributed by atoms with Crippen molar-refractivity contribution < 1.29 is 9.59 Å². The second-order valence-electron chi connectivity index (χ2n) is 7.36. The fraction of sp³-hybridized carbons (Fsp3) is 0.643. The van der Waals surface area contributed by atoms with E-state index in [1.54, 1.807) is 0 Å². The molecule has 3 amide bonds. The lowest BCUT2D eigenvalue weighted by atomic mass is 9.83. The minimum atomic E-state index is -1.61. The number of anilines is 1. The molecule has 0 unspecified atom stereocenters. The summed E-state index contributed by atoms with van der Waals surface area (Å²) in [6.07, 6.45) is 3.05. The number of primary amides is 1. The number of hydrogen-bond acceptors (Lipinski definition) is 3. The number of rotatable bonds is 3. The summed E-state index contributed by atoms with van der Waals surface area (Å²) < 4.78 is 0. The first-order valence-electron chi connectivity index (χ1n) is 7.66. The van der Waals surface area contributed by atoms with Gasteiger partial charge in [0.1, 0.15) is 0 Å². The number of hydrogen-bond donors (Lipinski definition) is 3. The van der Waals surface area contributed by atoms with Crippen molar-refractivity contribution in [2.45, 2.75) is 57.0 Å². The highest BCUT2D eigenvalue weighted by Gasteiger charge is 2.53. The Balaban J connectivity index is 1.79. The van der Waals surface area contributed by atoms with Crippen LogP contribution in [0.3, 0.4) is 0 Å². The number of carbonyl (C=O) groups excluding carboxylic acids is 2. The molecule has 1 fully saturated rings. The molecule has 4 N–H and O–H groups in total. The average molecular weight is 321 g/mol. The number of fused-ring (bicyclic) bond motifs is 1. The maximum Gasteiger partial charge on any atom is 0.315 e. The van der Waals surface area contributed by atoms with Crippen LogP contribution in [-0.4, -0.2) is 35.1 Å². The molecule has 1 aromatic heterocycles. The highest BCUT2D eigenvalue weighted by molar-refractivity contribution is 6.83. The Labute approximate surface area is 130 Å². The molecule has 1 aliphatic carbocycles. The number of H-pyrrole nitrogens is 1. The molecule has 22 heavy (non-hydrogen) atoms. The molecule has 0 aromatic carbocycles. The van der Waals surface area contributed by atoms with Gasteiger partial charge in [-0.2, -0.15) is 5.10 Å². The number of amides is 3. The van der Waals surface area contributed by atoms with Gasteiger partial charge in [0.15, 0.2) is 5.82 Å². The summed E-state index contributed by atoms with van der Waals surface area (Å²) in [4.78, 5) is 25.6. The Morgan fingerprint density at radius 1 is 1.32 bits per heavy atom. The van der Waals surface area contributed by atoms with E-state index in [0.717, 1.165) is 30.5 Å². The van der Waals surface area contributed by atoms with Crippen molar-refractivity contribution in [3.05, 3.63) is 11.3 Å². The van der Waals surface area contributed by atoms with Gasteiger partial charge in [-0.05, 0) is 12.8 Å². The van der Waals surface area contributed by atoms with E-state index < -0.39 is 14.1 Å². The van der Waals surface area contributed by atoms with Crippen molar-refractivity contribution in [3.63, 3.8) is 0 Å². The third-order valence-electron chi connectivity index (χ3n) is 5.27. The second-order valence-corrected chi connectivity index (χ2v) is 12.8. The molecule has 120 valence electrons. The molecule has 0 atom stereocenters. The van der Waals surface area contributed by atoms with Crippen LogP contribution in [0.15, 0.2) is 0 Å². The summed E-state index contributed by atoms with van der Waals surface area (Å²) in [5, 5.41) is 9.92. The lowest BCUT2D eigenvalue weighted by Gasteiger charge is -2.48. The Hall–Kier alpha value is -1.83. The van der Waals surface area contributed by atoms with Gasteiger partial charge in [0, 0.05) is 10.6 Å². The Kier molecular flexibility index (Phi) is 3.31. The van der Waals surface area contributed by atoms with Crippen molar-refractivity contribution >= 4 is 25.8 Å². The van der Waals surface area contributed by atoms with Crippen molar-refractivity contribution in [2.75, 3.05) is 5.32 Å². The number of aromatic nitrogens is 2. The van der Waals surface area contributed by atoms with Crippen LogP contribution in [0, 0.1) is 0 Å². The van der Waals surface area contributed by atoms with E-state index in [-0.39, 0.29) is 10.9 Å². The minimum Gasteiger partial charge on any atom is -0.351 e. The van der Waals surface area contributed by atoms with Crippen molar-refractivity contribution in [2.24, 2.45) is 5.73 Å². The lowest BCUT2D eigenvalue weighted by Crippen LogP contribution is -2.52. The number of aromatic amines is 1. The third-order valence-corrected chi connectivity index (χ3v) is 8.87. The van der Waals surface area contributed by atoms with Crippen molar-refractivity contribution in [3.8, 4) is 0 Å². The first kappa shape index (κ1) is 15.1. The zero-order chi connectivity index (χ0) is 16.1. The van der Waals surface area contributed by atoms with Crippen LogP contribution in [0.5, 0.6) is 0 Å². The van der Waals surface area contributed by atoms with E-state index in [9.17, 15) is 9.59 Å². The smallest absolute Gasteiger partial charge is 0.315 e. The van der Waals surface area contributed by atoms with E-state index in [4.69, 9.17) is 5.73 Å². The van der Waals surface area contributed by atoms with Crippen LogP contribution in [0.1, 0.15) is 30.5 Å². The highest BCUT2D eigenvalue weighted by Crippen LogP contribution is 2.56. The standard InChI is InChI=1S/C14H23N5O2Si/c1-22(2,3)14(5-4-6-14)12(20)16-11-9-7-19(13(15)21)8-10(9)17-18-11/h4-8H2,1-3H3,(H2,15,21)(H2,16,17,18,20). The van der Waals surface area contributed by atoms with Gasteiger partial charge in [-0.1, -0.05) is 26.1 Å². The molecule has 1 aliphatic heterocycles. The summed E-state index contributed by atoms with van der Waals surface area (Å²) >= 11 is 0. The summed E-state index contributed by atoms with van der Waals surface area (Å²) in [7, 11) is -1.61. The molecule has 8 heteroatoms. The molecule has 1 aromatic rings. The van der Waals surface area contributed by atoms with Crippen molar-refractivity contribution in [1.29, 1.82) is 0 Å². The Morgan fingerprint density at radius 2 is 2.00 bits per heavy atom. The summed E-state index contributed by atoms with van der Waals surface area (Å²) in [6.45, 7) is 7.56. The zero-order valence-electron chi connectivity index (χ0n) is 13.3. The van der Waals surface area contributed by atoms with Gasteiger partial charge in [0.25, 0.3) is 0 Å². The lowest BCUT2D eigenvalue weighted by molar-refractivity contribution is -0.121. The quantitative estimate of drug-likeness (QED) is 0.742. The molecular weight excluding hydrogens is 298 g/mol. The molecule has 0 saturated heterocycles. The second kappa shape index (κ2) is 4.84. The van der Waals surface area contributed by atoms with Gasteiger partial charge in [-0.25, -0.2) is 4.79 Å². The highest BCUT2D eigenvalue weighted by atomic mass is 28.3. The fourth-order valence-corrected chi connectivity index (χ4v) is 6.07. The molecule has 0 spiro atoms. The summed E-state index contributed by atoms with van der Waals surface area (Å²) in [5.74, 6) is 0.637. The van der Waals surface area contributed by atoms with Gasteiger partial charge in [0.05, 0.1) is 26.9 Å². The average Bonchev–Trinajstić information content (AvgIpc) is 2.87. The van der Waals surface area contributed by atoms with Gasteiger partial charge in [-0.15, -0.1) is 0 Å². The van der Waals surface area contributed by atoms with E-state index in [0.29, 0.717) is 18.9 Å².